The number of esters is 1. The number of hydrogen-bond acceptors (Lipinski definition) is 5. The van der Waals surface area contributed by atoms with Crippen LogP contribution in [0.1, 0.15) is 37.2 Å². The summed E-state index contributed by atoms with van der Waals surface area (Å²) in [6.07, 6.45) is 6.10. The van der Waals surface area contributed by atoms with E-state index in [1.165, 1.54) is 26.4 Å². The molecule has 1 aliphatic rings. The third-order valence-electron chi connectivity index (χ3n) is 4.59. The molecule has 25 heavy (non-hydrogen) atoms. The zero-order valence-corrected chi connectivity index (χ0v) is 15.3. The lowest BCUT2D eigenvalue weighted by molar-refractivity contribution is -0.142. The number of ether oxygens (including phenoxy) is 3. The smallest absolute Gasteiger partial charge is 0.313 e. The fourth-order valence-electron chi connectivity index (χ4n) is 3.17. The number of rotatable bonds is 9. The summed E-state index contributed by atoms with van der Waals surface area (Å²) in [6, 6.07) is 5.59. The largest absolute Gasteiger partial charge is 0.493 e. The Morgan fingerprint density at radius 3 is 2.64 bits per heavy atom. The average molecular weight is 347 g/mol. The number of methoxy groups -OCH3 is 2. The van der Waals surface area contributed by atoms with Gasteiger partial charge in [0.25, 0.3) is 0 Å². The van der Waals surface area contributed by atoms with E-state index >= 15 is 0 Å². The first kappa shape index (κ1) is 19.3. The molecule has 0 saturated carbocycles. The Morgan fingerprint density at radius 1 is 1.24 bits per heavy atom. The molecule has 5 nitrogen and oxygen atoms in total. The number of carbonyl (C=O) groups excluding carboxylic acids is 1. The van der Waals surface area contributed by atoms with Crippen molar-refractivity contribution in [3.8, 4) is 11.5 Å². The van der Waals surface area contributed by atoms with Crippen molar-refractivity contribution < 1.29 is 19.0 Å². The zero-order chi connectivity index (χ0) is 18.1. The van der Waals surface area contributed by atoms with Gasteiger partial charge in [-0.3, -0.25) is 9.69 Å². The third kappa shape index (κ3) is 5.49. The van der Waals surface area contributed by atoms with E-state index in [0.717, 1.165) is 25.2 Å². The van der Waals surface area contributed by atoms with Crippen LogP contribution in [0, 0.1) is 0 Å². The number of benzene rings is 1. The first-order valence-corrected chi connectivity index (χ1v) is 8.91. The summed E-state index contributed by atoms with van der Waals surface area (Å²) in [6.45, 7) is 7.52. The van der Waals surface area contributed by atoms with Gasteiger partial charge in [-0.25, -0.2) is 0 Å². The molecule has 0 radical (unpaired) electrons. The van der Waals surface area contributed by atoms with E-state index in [2.05, 4.69) is 11.5 Å². The van der Waals surface area contributed by atoms with Gasteiger partial charge in [-0.15, -0.1) is 6.58 Å². The summed E-state index contributed by atoms with van der Waals surface area (Å²) in [5, 5.41) is 0. The van der Waals surface area contributed by atoms with Gasteiger partial charge in [0.15, 0.2) is 11.5 Å². The Hall–Kier alpha value is -2.01. The third-order valence-corrected chi connectivity index (χ3v) is 4.59. The van der Waals surface area contributed by atoms with E-state index < -0.39 is 0 Å². The lowest BCUT2D eigenvalue weighted by Crippen LogP contribution is -2.33. The monoisotopic (exact) mass is 347 g/mol. The molecule has 1 unspecified atom stereocenters. The molecule has 1 saturated heterocycles. The van der Waals surface area contributed by atoms with Gasteiger partial charge in [0.1, 0.15) is 6.61 Å². The quantitative estimate of drug-likeness (QED) is 0.506. The van der Waals surface area contributed by atoms with Crippen LogP contribution in [-0.4, -0.2) is 51.3 Å². The predicted molar refractivity (Wildman–Crippen MR) is 98.4 cm³/mol. The number of allylic oxidation sites excluding steroid dienone is 1. The second-order valence-corrected chi connectivity index (χ2v) is 6.26. The molecule has 1 aliphatic heterocycles. The van der Waals surface area contributed by atoms with Crippen LogP contribution in [0.3, 0.4) is 0 Å². The first-order chi connectivity index (χ1) is 12.2. The summed E-state index contributed by atoms with van der Waals surface area (Å²) in [4.78, 5) is 14.5. The summed E-state index contributed by atoms with van der Waals surface area (Å²) < 4.78 is 16.3. The molecule has 1 heterocycles. The molecule has 1 aromatic carbocycles. The van der Waals surface area contributed by atoms with Gasteiger partial charge in [-0.2, -0.15) is 0 Å². The van der Waals surface area contributed by atoms with Gasteiger partial charge in [-0.05, 0) is 50.0 Å². The fourth-order valence-corrected chi connectivity index (χ4v) is 3.17. The maximum absolute atomic E-state index is 12.0. The van der Waals surface area contributed by atoms with E-state index in [0.29, 0.717) is 24.5 Å². The minimum atomic E-state index is -0.377. The Bertz CT molecular complexity index is 567. The van der Waals surface area contributed by atoms with Gasteiger partial charge >= 0.3 is 5.97 Å². The van der Waals surface area contributed by atoms with Crippen LogP contribution >= 0.6 is 0 Å². The zero-order valence-electron chi connectivity index (χ0n) is 15.3. The summed E-state index contributed by atoms with van der Waals surface area (Å²) in [7, 11) is 3.02. The lowest BCUT2D eigenvalue weighted by Gasteiger charge is -2.26. The Morgan fingerprint density at radius 2 is 2.00 bits per heavy atom. The molecule has 0 N–H and O–H groups in total. The van der Waals surface area contributed by atoms with Gasteiger partial charge < -0.3 is 14.2 Å². The van der Waals surface area contributed by atoms with Gasteiger partial charge in [0, 0.05) is 6.54 Å². The molecule has 1 atom stereocenters. The molecule has 1 aromatic rings. The van der Waals surface area contributed by atoms with Crippen LogP contribution < -0.4 is 9.47 Å². The molecular formula is C20H29NO4. The number of likely N-dealkylation sites (tertiary alicyclic amines) is 1. The maximum Gasteiger partial charge on any atom is 0.313 e. The van der Waals surface area contributed by atoms with Crippen molar-refractivity contribution in [2.75, 3.05) is 40.5 Å². The van der Waals surface area contributed by atoms with E-state index in [4.69, 9.17) is 14.2 Å². The van der Waals surface area contributed by atoms with Crippen molar-refractivity contribution in [3.05, 3.63) is 36.4 Å². The highest BCUT2D eigenvalue weighted by Gasteiger charge is 2.21. The molecule has 0 aromatic heterocycles. The Kier molecular flexibility index (Phi) is 7.79. The second-order valence-electron chi connectivity index (χ2n) is 6.26. The van der Waals surface area contributed by atoms with Crippen molar-refractivity contribution in [1.29, 1.82) is 0 Å². The Balaban J connectivity index is 2.06. The van der Waals surface area contributed by atoms with E-state index in [9.17, 15) is 4.79 Å². The van der Waals surface area contributed by atoms with E-state index in [-0.39, 0.29) is 11.9 Å². The summed E-state index contributed by atoms with van der Waals surface area (Å²) >= 11 is 0. The van der Waals surface area contributed by atoms with Gasteiger partial charge in [0.2, 0.25) is 0 Å². The van der Waals surface area contributed by atoms with Crippen LogP contribution in [0.25, 0.3) is 0 Å². The van der Waals surface area contributed by atoms with Crippen LogP contribution in [0.15, 0.2) is 30.9 Å². The van der Waals surface area contributed by atoms with Crippen molar-refractivity contribution in [1.82, 2.24) is 4.90 Å². The number of piperidine rings is 1. The van der Waals surface area contributed by atoms with Crippen molar-refractivity contribution >= 4 is 5.97 Å². The van der Waals surface area contributed by atoms with Crippen molar-refractivity contribution in [2.45, 2.75) is 31.6 Å². The number of hydrogen-bond donors (Lipinski definition) is 0. The van der Waals surface area contributed by atoms with Crippen molar-refractivity contribution in [3.63, 3.8) is 0 Å². The minimum absolute atomic E-state index is 0.274. The standard InChI is InChI=1S/C20H29NO4/c1-4-8-17(20(22)24-3)16-9-10-18(23-2)19(15-16)25-14-13-21-11-6-5-7-12-21/h4,9-10,15,17H,1,5-8,11-14H2,2-3H3. The second kappa shape index (κ2) is 10.1. The highest BCUT2D eigenvalue weighted by molar-refractivity contribution is 5.78. The van der Waals surface area contributed by atoms with Gasteiger partial charge in [-0.1, -0.05) is 18.6 Å². The molecule has 0 spiro atoms. The molecule has 0 bridgehead atoms. The van der Waals surface area contributed by atoms with Crippen LogP contribution in [-0.2, 0) is 9.53 Å². The topological polar surface area (TPSA) is 48.0 Å². The molecule has 0 amide bonds. The molecule has 138 valence electrons. The fraction of sp³-hybridized carbons (Fsp3) is 0.550. The average Bonchev–Trinajstić information content (AvgIpc) is 2.66. The van der Waals surface area contributed by atoms with E-state index in [1.54, 1.807) is 13.2 Å². The molecule has 2 rings (SSSR count). The highest BCUT2D eigenvalue weighted by Crippen LogP contribution is 2.32. The number of carbonyl (C=O) groups is 1. The maximum atomic E-state index is 12.0. The normalized spacial score (nSPS) is 16.1. The highest BCUT2D eigenvalue weighted by atomic mass is 16.5. The molecule has 1 fully saturated rings. The predicted octanol–water partition coefficient (Wildman–Crippen LogP) is 3.39. The molecule has 0 aliphatic carbocycles. The summed E-state index contributed by atoms with van der Waals surface area (Å²) in [5.41, 5.74) is 0.848. The molecular weight excluding hydrogens is 318 g/mol. The number of nitrogens with zero attached hydrogens (tertiary/aromatic N) is 1. The molecule has 5 heteroatoms. The Labute approximate surface area is 150 Å². The SMILES string of the molecule is C=CCC(C(=O)OC)c1ccc(OC)c(OCCN2CCCCC2)c1. The van der Waals surface area contributed by atoms with Crippen LogP contribution in [0.5, 0.6) is 11.5 Å². The van der Waals surface area contributed by atoms with Crippen LogP contribution in [0.2, 0.25) is 0 Å². The van der Waals surface area contributed by atoms with Gasteiger partial charge in [0.05, 0.1) is 20.1 Å². The van der Waals surface area contributed by atoms with E-state index in [1.807, 2.05) is 18.2 Å². The summed E-state index contributed by atoms with van der Waals surface area (Å²) in [5.74, 6) is 0.682. The lowest BCUT2D eigenvalue weighted by atomic mass is 9.95. The minimum Gasteiger partial charge on any atom is -0.493 e. The first-order valence-electron chi connectivity index (χ1n) is 8.91. The van der Waals surface area contributed by atoms with Crippen molar-refractivity contribution in [2.24, 2.45) is 0 Å². The van der Waals surface area contributed by atoms with Crippen LogP contribution in [0.4, 0.5) is 0 Å².